The van der Waals surface area contributed by atoms with Gasteiger partial charge in [0.2, 0.25) is 0 Å². The molecule has 1 aliphatic rings. The van der Waals surface area contributed by atoms with Gasteiger partial charge in [0, 0.05) is 38.0 Å². The van der Waals surface area contributed by atoms with Gasteiger partial charge in [-0.05, 0) is 43.0 Å². The molecule has 1 aliphatic heterocycles. The van der Waals surface area contributed by atoms with Crippen molar-refractivity contribution in [2.75, 3.05) is 38.3 Å². The lowest BCUT2D eigenvalue weighted by Crippen LogP contribution is -2.44. The summed E-state index contributed by atoms with van der Waals surface area (Å²) in [6, 6.07) is 8.87. The topological polar surface area (TPSA) is 44.7 Å². The lowest BCUT2D eigenvalue weighted by molar-refractivity contribution is 0.227. The van der Waals surface area contributed by atoms with Crippen molar-refractivity contribution in [1.82, 2.24) is 5.32 Å². The summed E-state index contributed by atoms with van der Waals surface area (Å²) in [6.07, 6.45) is 2.31. The van der Waals surface area contributed by atoms with Gasteiger partial charge in [0.1, 0.15) is 5.75 Å². The minimum atomic E-state index is 0.262. The van der Waals surface area contributed by atoms with E-state index in [4.69, 9.17) is 9.84 Å². The highest BCUT2D eigenvalue weighted by Crippen LogP contribution is 2.22. The van der Waals surface area contributed by atoms with Crippen LogP contribution in [0.25, 0.3) is 0 Å². The van der Waals surface area contributed by atoms with Crippen LogP contribution in [0, 0.1) is 5.92 Å². The number of hydrogen-bond acceptors (Lipinski definition) is 4. The van der Waals surface area contributed by atoms with Crippen LogP contribution in [0.4, 0.5) is 5.69 Å². The Morgan fingerprint density at radius 2 is 1.95 bits per heavy atom. The number of benzene rings is 1. The lowest BCUT2D eigenvalue weighted by atomic mass is 10.0. The molecule has 1 fully saturated rings. The Morgan fingerprint density at radius 1 is 1.30 bits per heavy atom. The molecule has 0 bridgehead atoms. The number of piperidine rings is 1. The maximum absolute atomic E-state index is 9.04. The number of ether oxygens (including phenoxy) is 1. The van der Waals surface area contributed by atoms with E-state index in [1.807, 2.05) is 12.1 Å². The standard InChI is InChI=1S/C16H26N2O2/c1-13(12-19)11-17-14-7-9-18(10-8-14)15-3-5-16(20-2)6-4-15/h3-6,13-14,17,19H,7-12H2,1-2H3. The second-order valence-corrected chi connectivity index (χ2v) is 5.66. The van der Waals surface area contributed by atoms with Crippen molar-refractivity contribution in [3.63, 3.8) is 0 Å². The molecule has 1 unspecified atom stereocenters. The molecular formula is C16H26N2O2. The smallest absolute Gasteiger partial charge is 0.119 e. The average molecular weight is 278 g/mol. The van der Waals surface area contributed by atoms with E-state index in [9.17, 15) is 0 Å². The molecule has 1 heterocycles. The van der Waals surface area contributed by atoms with Gasteiger partial charge in [-0.3, -0.25) is 0 Å². The highest BCUT2D eigenvalue weighted by atomic mass is 16.5. The zero-order valence-corrected chi connectivity index (χ0v) is 12.5. The summed E-state index contributed by atoms with van der Waals surface area (Å²) >= 11 is 0. The number of methoxy groups -OCH3 is 1. The Kier molecular flexibility index (Phi) is 5.68. The van der Waals surface area contributed by atoms with Gasteiger partial charge in [0.05, 0.1) is 7.11 Å². The Morgan fingerprint density at radius 3 is 2.50 bits per heavy atom. The number of aliphatic hydroxyl groups is 1. The van der Waals surface area contributed by atoms with Crippen molar-refractivity contribution in [3.8, 4) is 5.75 Å². The van der Waals surface area contributed by atoms with Crippen LogP contribution >= 0.6 is 0 Å². The maximum atomic E-state index is 9.04. The molecule has 4 heteroatoms. The van der Waals surface area contributed by atoms with E-state index in [0.29, 0.717) is 12.0 Å². The van der Waals surface area contributed by atoms with Gasteiger partial charge >= 0.3 is 0 Å². The van der Waals surface area contributed by atoms with E-state index < -0.39 is 0 Å². The van der Waals surface area contributed by atoms with Crippen molar-refractivity contribution in [3.05, 3.63) is 24.3 Å². The summed E-state index contributed by atoms with van der Waals surface area (Å²) in [5.41, 5.74) is 1.27. The average Bonchev–Trinajstić information content (AvgIpc) is 2.53. The summed E-state index contributed by atoms with van der Waals surface area (Å²) in [5, 5.41) is 12.6. The summed E-state index contributed by atoms with van der Waals surface area (Å²) < 4.78 is 5.19. The fourth-order valence-corrected chi connectivity index (χ4v) is 2.57. The summed E-state index contributed by atoms with van der Waals surface area (Å²) in [7, 11) is 1.69. The number of aliphatic hydroxyl groups excluding tert-OH is 1. The molecule has 1 atom stereocenters. The highest BCUT2D eigenvalue weighted by Gasteiger charge is 2.19. The van der Waals surface area contributed by atoms with Crippen LogP contribution in [0.2, 0.25) is 0 Å². The number of nitrogens with one attached hydrogen (secondary N) is 1. The van der Waals surface area contributed by atoms with Gasteiger partial charge in [-0.25, -0.2) is 0 Å². The molecule has 1 saturated heterocycles. The van der Waals surface area contributed by atoms with Gasteiger partial charge in [0.15, 0.2) is 0 Å². The van der Waals surface area contributed by atoms with Crippen LogP contribution in [0.5, 0.6) is 5.75 Å². The molecule has 0 aliphatic carbocycles. The van der Waals surface area contributed by atoms with Gasteiger partial charge in [-0.1, -0.05) is 6.92 Å². The van der Waals surface area contributed by atoms with Crippen LogP contribution in [-0.2, 0) is 0 Å². The molecule has 0 radical (unpaired) electrons. The fourth-order valence-electron chi connectivity index (χ4n) is 2.57. The molecule has 0 saturated carbocycles. The van der Waals surface area contributed by atoms with Crippen molar-refractivity contribution in [2.24, 2.45) is 5.92 Å². The molecular weight excluding hydrogens is 252 g/mol. The van der Waals surface area contributed by atoms with Gasteiger partial charge in [0.25, 0.3) is 0 Å². The third-order valence-corrected chi connectivity index (χ3v) is 4.00. The fraction of sp³-hybridized carbons (Fsp3) is 0.625. The maximum Gasteiger partial charge on any atom is 0.119 e. The lowest BCUT2D eigenvalue weighted by Gasteiger charge is -2.34. The second-order valence-electron chi connectivity index (χ2n) is 5.66. The van der Waals surface area contributed by atoms with E-state index in [1.54, 1.807) is 7.11 Å². The number of anilines is 1. The molecule has 0 amide bonds. The quantitative estimate of drug-likeness (QED) is 0.834. The van der Waals surface area contributed by atoms with Crippen molar-refractivity contribution in [2.45, 2.75) is 25.8 Å². The van der Waals surface area contributed by atoms with Crippen molar-refractivity contribution < 1.29 is 9.84 Å². The van der Waals surface area contributed by atoms with Crippen LogP contribution in [0.1, 0.15) is 19.8 Å². The largest absolute Gasteiger partial charge is 0.497 e. The molecule has 1 aromatic carbocycles. The molecule has 20 heavy (non-hydrogen) atoms. The third-order valence-electron chi connectivity index (χ3n) is 4.00. The van der Waals surface area contributed by atoms with Crippen LogP contribution in [-0.4, -0.2) is 44.5 Å². The van der Waals surface area contributed by atoms with Crippen molar-refractivity contribution in [1.29, 1.82) is 0 Å². The van der Waals surface area contributed by atoms with Crippen LogP contribution < -0.4 is 15.0 Å². The first kappa shape index (κ1) is 15.1. The monoisotopic (exact) mass is 278 g/mol. The number of nitrogens with zero attached hydrogens (tertiary/aromatic N) is 1. The Bertz CT molecular complexity index is 386. The Hall–Kier alpha value is -1.26. The predicted octanol–water partition coefficient (Wildman–Crippen LogP) is 1.88. The van der Waals surface area contributed by atoms with Crippen LogP contribution in [0.3, 0.4) is 0 Å². The molecule has 4 nitrogen and oxygen atoms in total. The SMILES string of the molecule is COc1ccc(N2CCC(NCC(C)CO)CC2)cc1. The van der Waals surface area contributed by atoms with E-state index in [-0.39, 0.29) is 6.61 Å². The Labute approximate surface area is 121 Å². The first-order valence-electron chi connectivity index (χ1n) is 7.46. The van der Waals surface area contributed by atoms with Gasteiger partial charge in [-0.2, -0.15) is 0 Å². The van der Waals surface area contributed by atoms with E-state index in [2.05, 4.69) is 29.3 Å². The summed E-state index contributed by atoms with van der Waals surface area (Å²) in [5.74, 6) is 1.25. The van der Waals surface area contributed by atoms with Crippen molar-refractivity contribution >= 4 is 5.69 Å². The molecule has 1 aromatic rings. The first-order chi connectivity index (χ1) is 9.72. The first-order valence-corrected chi connectivity index (χ1v) is 7.46. The molecule has 112 valence electrons. The second kappa shape index (κ2) is 7.50. The van der Waals surface area contributed by atoms with Gasteiger partial charge < -0.3 is 20.1 Å². The van der Waals surface area contributed by atoms with E-state index >= 15 is 0 Å². The third kappa shape index (κ3) is 4.12. The zero-order chi connectivity index (χ0) is 14.4. The number of rotatable bonds is 6. The van der Waals surface area contributed by atoms with Gasteiger partial charge in [-0.15, -0.1) is 0 Å². The van der Waals surface area contributed by atoms with E-state index in [1.165, 1.54) is 5.69 Å². The Balaban J connectivity index is 1.78. The zero-order valence-electron chi connectivity index (χ0n) is 12.5. The molecule has 0 spiro atoms. The number of hydrogen-bond donors (Lipinski definition) is 2. The van der Waals surface area contributed by atoms with Crippen LogP contribution in [0.15, 0.2) is 24.3 Å². The summed E-state index contributed by atoms with van der Waals surface area (Å²) in [6.45, 7) is 5.40. The minimum Gasteiger partial charge on any atom is -0.497 e. The molecule has 2 rings (SSSR count). The normalized spacial score (nSPS) is 18.1. The minimum absolute atomic E-state index is 0.262. The predicted molar refractivity (Wildman–Crippen MR) is 82.5 cm³/mol. The molecule has 2 N–H and O–H groups in total. The van der Waals surface area contributed by atoms with E-state index in [0.717, 1.165) is 38.2 Å². The summed E-state index contributed by atoms with van der Waals surface area (Å²) in [4.78, 5) is 2.42. The molecule has 0 aromatic heterocycles. The highest BCUT2D eigenvalue weighted by molar-refractivity contribution is 5.49.